The van der Waals surface area contributed by atoms with Crippen molar-refractivity contribution >= 4 is 29.0 Å². The Balaban J connectivity index is 2.40. The molecular weight excluding hydrogens is 312 g/mol. The molecular formula is C16H17ClN6. The molecule has 6 nitrogen and oxygen atoms in total. The van der Waals surface area contributed by atoms with Crippen LogP contribution in [-0.4, -0.2) is 23.7 Å². The van der Waals surface area contributed by atoms with E-state index in [-0.39, 0.29) is 11.7 Å². The van der Waals surface area contributed by atoms with Gasteiger partial charge in [0.05, 0.1) is 10.7 Å². The van der Waals surface area contributed by atoms with Crippen molar-refractivity contribution in [1.82, 2.24) is 10.3 Å². The van der Waals surface area contributed by atoms with Gasteiger partial charge in [0.15, 0.2) is 5.84 Å². The number of nitrogen functional groups attached to an aromatic ring is 1. The lowest BCUT2D eigenvalue weighted by Crippen LogP contribution is -2.13. The smallest absolute Gasteiger partial charge is 0.156 e. The second kappa shape index (κ2) is 7.42. The normalized spacial score (nSPS) is 11.7. The van der Waals surface area contributed by atoms with Gasteiger partial charge in [-0.1, -0.05) is 17.7 Å². The maximum Gasteiger partial charge on any atom is 0.156 e. The summed E-state index contributed by atoms with van der Waals surface area (Å²) >= 11 is 6.16. The van der Waals surface area contributed by atoms with E-state index in [1.807, 2.05) is 0 Å². The fraction of sp³-hybridized carbons (Fsp3) is 0.0625. The second-order valence-electron chi connectivity index (χ2n) is 4.64. The first-order valence-corrected chi connectivity index (χ1v) is 7.18. The molecule has 7 heteroatoms. The third-order valence-corrected chi connectivity index (χ3v) is 3.31. The SMILES string of the molecule is CN/C=C\C(N)=NC(=N)c1cc(-c2ncccc2Cl)ccc1N. The Kier molecular flexibility index (Phi) is 5.32. The molecule has 0 fully saturated rings. The molecule has 23 heavy (non-hydrogen) atoms. The summed E-state index contributed by atoms with van der Waals surface area (Å²) < 4.78 is 0. The summed E-state index contributed by atoms with van der Waals surface area (Å²) in [5.41, 5.74) is 13.9. The van der Waals surface area contributed by atoms with Crippen molar-refractivity contribution in [2.75, 3.05) is 12.8 Å². The maximum absolute atomic E-state index is 8.09. The molecule has 0 spiro atoms. The number of hydrogen-bond acceptors (Lipinski definition) is 4. The maximum atomic E-state index is 8.09. The molecule has 0 atom stereocenters. The monoisotopic (exact) mass is 328 g/mol. The van der Waals surface area contributed by atoms with E-state index in [4.69, 9.17) is 28.5 Å². The van der Waals surface area contributed by atoms with Crippen LogP contribution < -0.4 is 16.8 Å². The minimum atomic E-state index is -0.0327. The van der Waals surface area contributed by atoms with Crippen LogP contribution in [0.3, 0.4) is 0 Å². The quantitative estimate of drug-likeness (QED) is 0.392. The van der Waals surface area contributed by atoms with Crippen LogP contribution in [0, 0.1) is 5.41 Å². The van der Waals surface area contributed by atoms with Crippen LogP contribution in [0.5, 0.6) is 0 Å². The fourth-order valence-electron chi connectivity index (χ4n) is 1.90. The highest BCUT2D eigenvalue weighted by molar-refractivity contribution is 6.33. The van der Waals surface area contributed by atoms with Crippen LogP contribution in [-0.2, 0) is 0 Å². The van der Waals surface area contributed by atoms with Crippen LogP contribution in [0.25, 0.3) is 11.3 Å². The molecule has 6 N–H and O–H groups in total. The highest BCUT2D eigenvalue weighted by Crippen LogP contribution is 2.28. The molecule has 0 amide bonds. The van der Waals surface area contributed by atoms with E-state index in [2.05, 4.69) is 15.3 Å². The van der Waals surface area contributed by atoms with Crippen molar-refractivity contribution in [3.05, 3.63) is 59.4 Å². The zero-order valence-corrected chi connectivity index (χ0v) is 13.3. The van der Waals surface area contributed by atoms with Gasteiger partial charge in [0.25, 0.3) is 0 Å². The third kappa shape index (κ3) is 4.08. The van der Waals surface area contributed by atoms with Gasteiger partial charge < -0.3 is 16.8 Å². The standard InChI is InChI=1S/C16H17ClN6/c1-21-8-6-14(19)23-16(20)11-9-10(4-5-13(11)18)15-12(17)3-2-7-22-15/h2-9,21H,18H2,1H3,(H3,19,20,23)/b8-6-. The first-order valence-electron chi connectivity index (χ1n) is 6.80. The molecule has 0 radical (unpaired) electrons. The number of pyridine rings is 1. The third-order valence-electron chi connectivity index (χ3n) is 3.00. The number of nitrogens with one attached hydrogen (secondary N) is 2. The Morgan fingerprint density at radius 3 is 2.87 bits per heavy atom. The van der Waals surface area contributed by atoms with E-state index < -0.39 is 0 Å². The Bertz CT molecular complexity index is 782. The molecule has 0 saturated carbocycles. The van der Waals surface area contributed by atoms with E-state index in [0.29, 0.717) is 22.0 Å². The zero-order valence-electron chi connectivity index (χ0n) is 12.5. The summed E-state index contributed by atoms with van der Waals surface area (Å²) in [6.07, 6.45) is 4.84. The Morgan fingerprint density at radius 1 is 1.39 bits per heavy atom. The van der Waals surface area contributed by atoms with E-state index in [1.54, 1.807) is 55.9 Å². The molecule has 0 unspecified atom stereocenters. The number of amidine groups is 2. The molecule has 2 aromatic rings. The number of aromatic nitrogens is 1. The average molecular weight is 329 g/mol. The van der Waals surface area contributed by atoms with Crippen molar-refractivity contribution < 1.29 is 0 Å². The van der Waals surface area contributed by atoms with Gasteiger partial charge in [0.2, 0.25) is 0 Å². The van der Waals surface area contributed by atoms with Crippen molar-refractivity contribution in [3.8, 4) is 11.3 Å². The van der Waals surface area contributed by atoms with E-state index in [0.717, 1.165) is 5.56 Å². The van der Waals surface area contributed by atoms with Gasteiger partial charge in [0, 0.05) is 30.1 Å². The summed E-state index contributed by atoms with van der Waals surface area (Å²) in [6, 6.07) is 8.73. The molecule has 0 saturated heterocycles. The topological polar surface area (TPSA) is 113 Å². The number of halogens is 1. The van der Waals surface area contributed by atoms with E-state index in [1.165, 1.54) is 0 Å². The molecule has 0 bridgehead atoms. The minimum Gasteiger partial charge on any atom is -0.398 e. The van der Waals surface area contributed by atoms with Gasteiger partial charge >= 0.3 is 0 Å². The summed E-state index contributed by atoms with van der Waals surface area (Å²) in [5.74, 6) is 0.166. The first kappa shape index (κ1) is 16.5. The Labute approximate surface area is 139 Å². The summed E-state index contributed by atoms with van der Waals surface area (Å²) in [7, 11) is 1.74. The largest absolute Gasteiger partial charge is 0.398 e. The highest BCUT2D eigenvalue weighted by atomic mass is 35.5. The molecule has 118 valence electrons. The average Bonchev–Trinajstić information content (AvgIpc) is 2.54. The lowest BCUT2D eigenvalue weighted by atomic mass is 10.0. The molecule has 0 aliphatic rings. The van der Waals surface area contributed by atoms with Gasteiger partial charge in [-0.25, -0.2) is 4.99 Å². The molecule has 1 heterocycles. The van der Waals surface area contributed by atoms with Crippen molar-refractivity contribution in [3.63, 3.8) is 0 Å². The van der Waals surface area contributed by atoms with Gasteiger partial charge in [-0.2, -0.15) is 0 Å². The Hall–Kier alpha value is -2.86. The summed E-state index contributed by atoms with van der Waals surface area (Å²) in [4.78, 5) is 8.28. The molecule has 0 aliphatic carbocycles. The van der Waals surface area contributed by atoms with E-state index >= 15 is 0 Å². The summed E-state index contributed by atoms with van der Waals surface area (Å²) in [5, 5.41) is 11.4. The van der Waals surface area contributed by atoms with Gasteiger partial charge in [-0.3, -0.25) is 10.4 Å². The number of anilines is 1. The molecule has 1 aromatic carbocycles. The first-order chi connectivity index (χ1) is 11.0. The number of nitrogens with two attached hydrogens (primary N) is 2. The predicted octanol–water partition coefficient (Wildman–Crippen LogP) is 2.40. The van der Waals surface area contributed by atoms with Gasteiger partial charge in [0.1, 0.15) is 5.84 Å². The fourth-order valence-corrected chi connectivity index (χ4v) is 2.13. The number of benzene rings is 1. The summed E-state index contributed by atoms with van der Waals surface area (Å²) in [6.45, 7) is 0. The lowest BCUT2D eigenvalue weighted by Gasteiger charge is -2.08. The highest BCUT2D eigenvalue weighted by Gasteiger charge is 2.10. The van der Waals surface area contributed by atoms with Crippen LogP contribution in [0.15, 0.2) is 53.8 Å². The number of nitrogens with zero attached hydrogens (tertiary/aromatic N) is 2. The predicted molar refractivity (Wildman–Crippen MR) is 95.7 cm³/mol. The number of hydrogen-bond donors (Lipinski definition) is 4. The van der Waals surface area contributed by atoms with Crippen LogP contribution >= 0.6 is 11.6 Å². The van der Waals surface area contributed by atoms with Crippen LogP contribution in [0.2, 0.25) is 5.02 Å². The van der Waals surface area contributed by atoms with Crippen molar-refractivity contribution in [1.29, 1.82) is 5.41 Å². The minimum absolute atomic E-state index is 0.0327. The van der Waals surface area contributed by atoms with E-state index in [9.17, 15) is 0 Å². The zero-order chi connectivity index (χ0) is 16.8. The van der Waals surface area contributed by atoms with Gasteiger partial charge in [-0.05, 0) is 36.5 Å². The van der Waals surface area contributed by atoms with Crippen LogP contribution in [0.1, 0.15) is 5.56 Å². The van der Waals surface area contributed by atoms with Crippen molar-refractivity contribution in [2.24, 2.45) is 10.7 Å². The van der Waals surface area contributed by atoms with Crippen molar-refractivity contribution in [2.45, 2.75) is 0 Å². The Morgan fingerprint density at radius 2 is 2.17 bits per heavy atom. The van der Waals surface area contributed by atoms with Gasteiger partial charge in [-0.15, -0.1) is 0 Å². The molecule has 2 rings (SSSR count). The van der Waals surface area contributed by atoms with Crippen LogP contribution in [0.4, 0.5) is 5.69 Å². The molecule has 0 aliphatic heterocycles. The second-order valence-corrected chi connectivity index (χ2v) is 5.05. The number of aliphatic imine (C=N–C) groups is 1. The lowest BCUT2D eigenvalue weighted by molar-refractivity contribution is 1.10. The molecule has 1 aromatic heterocycles. The number of rotatable bonds is 4.